The fourth-order valence-corrected chi connectivity index (χ4v) is 5.14. The van der Waals surface area contributed by atoms with E-state index in [-0.39, 0.29) is 23.8 Å². The Morgan fingerprint density at radius 2 is 1.51 bits per heavy atom. The Morgan fingerprint density at radius 3 is 2.10 bits per heavy atom. The quantitative estimate of drug-likeness (QED) is 0.113. The maximum atomic E-state index is 13.4. The van der Waals surface area contributed by atoms with Crippen LogP contribution in [0.2, 0.25) is 0 Å². The van der Waals surface area contributed by atoms with Crippen molar-refractivity contribution in [1.82, 2.24) is 14.5 Å². The normalized spacial score (nSPS) is 11.5. The molecule has 0 N–H and O–H groups in total. The topological polar surface area (TPSA) is 55.2 Å². The second kappa shape index (κ2) is 13.2. The first-order valence-electron chi connectivity index (χ1n) is 13.0. The molecule has 4 rings (SSSR count). The molecule has 0 aliphatic rings. The Morgan fingerprint density at radius 1 is 0.927 bits per heavy atom. The summed E-state index contributed by atoms with van der Waals surface area (Å²) in [4.78, 5) is 31.6. The number of nitrogens with zero attached hydrogens (tertiary/aromatic N) is 3. The smallest absolute Gasteiger partial charge is 0.337 e. The second-order valence-electron chi connectivity index (χ2n) is 9.64. The Hall–Kier alpha value is -3.92. The fourth-order valence-electron chi connectivity index (χ4n) is 4.22. The van der Waals surface area contributed by atoms with Crippen LogP contribution in [0.3, 0.4) is 0 Å². The van der Waals surface area contributed by atoms with Gasteiger partial charge in [-0.05, 0) is 59.9 Å². The number of hydrogen-bond donors (Lipinski definition) is 0. The van der Waals surface area contributed by atoms with Crippen molar-refractivity contribution in [3.05, 3.63) is 117 Å². The van der Waals surface area contributed by atoms with Gasteiger partial charge in [0.1, 0.15) is 12.4 Å². The van der Waals surface area contributed by atoms with E-state index >= 15 is 0 Å². The standard InChI is InChI=1S/C31H29F4N3O2S/c1-3-16-37(18-22-4-8-24(9-5-22)25-10-12-26(13-11-25)31(33,34)35)28(39)19-38-17-21(2)29(40)36-30(38)41-20-23-6-14-27(32)15-7-23/h4-15,17H,3,16,18-20H2,1-2H3. The zero-order valence-corrected chi connectivity index (χ0v) is 23.4. The van der Waals surface area contributed by atoms with E-state index in [1.165, 1.54) is 36.0 Å². The number of carbonyl (C=O) groups is 1. The van der Waals surface area contributed by atoms with Crippen LogP contribution < -0.4 is 5.56 Å². The van der Waals surface area contributed by atoms with Gasteiger partial charge in [0, 0.05) is 30.6 Å². The number of amides is 1. The van der Waals surface area contributed by atoms with E-state index < -0.39 is 11.7 Å². The van der Waals surface area contributed by atoms with E-state index in [1.54, 1.807) is 34.7 Å². The highest BCUT2D eigenvalue weighted by Gasteiger charge is 2.30. The molecule has 0 aliphatic heterocycles. The lowest BCUT2D eigenvalue weighted by atomic mass is 10.0. The Labute approximate surface area is 239 Å². The van der Waals surface area contributed by atoms with Crippen LogP contribution in [0.5, 0.6) is 0 Å². The number of alkyl halides is 3. The molecule has 0 atom stereocenters. The zero-order chi connectivity index (χ0) is 29.6. The van der Waals surface area contributed by atoms with Crippen LogP contribution in [0.4, 0.5) is 17.6 Å². The van der Waals surface area contributed by atoms with E-state index in [0.717, 1.165) is 35.2 Å². The van der Waals surface area contributed by atoms with E-state index in [9.17, 15) is 27.2 Å². The maximum absolute atomic E-state index is 13.4. The van der Waals surface area contributed by atoms with Gasteiger partial charge in [-0.1, -0.05) is 67.2 Å². The monoisotopic (exact) mass is 583 g/mol. The first-order chi connectivity index (χ1) is 19.5. The maximum Gasteiger partial charge on any atom is 0.416 e. The molecule has 1 aromatic heterocycles. The van der Waals surface area contributed by atoms with E-state index in [0.29, 0.717) is 35.1 Å². The van der Waals surface area contributed by atoms with Gasteiger partial charge in [0.25, 0.3) is 5.56 Å². The molecule has 0 bridgehead atoms. The molecule has 0 aliphatic carbocycles. The van der Waals surface area contributed by atoms with Crippen molar-refractivity contribution in [2.24, 2.45) is 0 Å². The minimum Gasteiger partial charge on any atom is -0.337 e. The second-order valence-corrected chi connectivity index (χ2v) is 10.6. The molecule has 5 nitrogen and oxygen atoms in total. The molecular formula is C31H29F4N3O2S. The highest BCUT2D eigenvalue weighted by atomic mass is 32.2. The Balaban J connectivity index is 1.47. The number of halogens is 4. The highest BCUT2D eigenvalue weighted by molar-refractivity contribution is 7.98. The average molecular weight is 584 g/mol. The first-order valence-corrected chi connectivity index (χ1v) is 14.0. The third-order valence-corrected chi connectivity index (χ3v) is 7.50. The summed E-state index contributed by atoms with van der Waals surface area (Å²) < 4.78 is 53.6. The summed E-state index contributed by atoms with van der Waals surface area (Å²) in [5.41, 5.74) is 2.53. The summed E-state index contributed by atoms with van der Waals surface area (Å²) in [5, 5.41) is 0.399. The minimum absolute atomic E-state index is 0.0104. The third kappa shape index (κ3) is 8.07. The van der Waals surface area contributed by atoms with E-state index in [1.807, 2.05) is 31.2 Å². The molecule has 4 aromatic rings. The van der Waals surface area contributed by atoms with Crippen LogP contribution in [0, 0.1) is 12.7 Å². The lowest BCUT2D eigenvalue weighted by Crippen LogP contribution is -2.35. The van der Waals surface area contributed by atoms with Gasteiger partial charge in [-0.25, -0.2) is 4.39 Å². The van der Waals surface area contributed by atoms with Gasteiger partial charge in [0.2, 0.25) is 5.91 Å². The third-order valence-electron chi connectivity index (χ3n) is 6.44. The van der Waals surface area contributed by atoms with Crippen molar-refractivity contribution in [3.8, 4) is 11.1 Å². The predicted molar refractivity (Wildman–Crippen MR) is 152 cm³/mol. The van der Waals surface area contributed by atoms with E-state index in [4.69, 9.17) is 0 Å². The van der Waals surface area contributed by atoms with Gasteiger partial charge in [0.05, 0.1) is 5.56 Å². The Bertz CT molecular complexity index is 1530. The molecule has 214 valence electrons. The van der Waals surface area contributed by atoms with Crippen LogP contribution in [-0.2, 0) is 29.8 Å². The summed E-state index contributed by atoms with van der Waals surface area (Å²) in [6, 6.07) is 18.4. The molecule has 0 saturated heterocycles. The van der Waals surface area contributed by atoms with Crippen LogP contribution in [0.25, 0.3) is 11.1 Å². The van der Waals surface area contributed by atoms with Crippen molar-refractivity contribution in [3.63, 3.8) is 0 Å². The zero-order valence-electron chi connectivity index (χ0n) is 22.6. The summed E-state index contributed by atoms with van der Waals surface area (Å²) in [7, 11) is 0. The molecule has 41 heavy (non-hydrogen) atoms. The largest absolute Gasteiger partial charge is 0.416 e. The summed E-state index contributed by atoms with van der Waals surface area (Å²) in [6.45, 7) is 4.48. The number of thioether (sulfide) groups is 1. The van der Waals surface area contributed by atoms with E-state index in [2.05, 4.69) is 4.98 Å². The fraction of sp³-hybridized carbons (Fsp3) is 0.258. The van der Waals surface area contributed by atoms with Crippen LogP contribution >= 0.6 is 11.8 Å². The van der Waals surface area contributed by atoms with Crippen LogP contribution in [0.15, 0.2) is 88.9 Å². The molecule has 3 aromatic carbocycles. The van der Waals surface area contributed by atoms with Gasteiger partial charge in [-0.2, -0.15) is 18.2 Å². The van der Waals surface area contributed by atoms with Gasteiger partial charge in [0.15, 0.2) is 5.16 Å². The number of aryl methyl sites for hydroxylation is 1. The van der Waals surface area contributed by atoms with Gasteiger partial charge in [-0.3, -0.25) is 9.59 Å². The minimum atomic E-state index is -4.39. The number of benzene rings is 3. The molecule has 1 amide bonds. The van der Waals surface area contributed by atoms with Crippen molar-refractivity contribution in [2.75, 3.05) is 6.54 Å². The van der Waals surface area contributed by atoms with Crippen molar-refractivity contribution < 1.29 is 22.4 Å². The van der Waals surface area contributed by atoms with Gasteiger partial charge < -0.3 is 9.47 Å². The van der Waals surface area contributed by atoms with Crippen LogP contribution in [0.1, 0.15) is 35.6 Å². The summed E-state index contributed by atoms with van der Waals surface area (Å²) >= 11 is 1.30. The van der Waals surface area contributed by atoms with Gasteiger partial charge >= 0.3 is 6.18 Å². The predicted octanol–water partition coefficient (Wildman–Crippen LogP) is 7.11. The Kier molecular flexibility index (Phi) is 9.65. The molecule has 0 spiro atoms. The molecule has 0 radical (unpaired) electrons. The molecule has 1 heterocycles. The lowest BCUT2D eigenvalue weighted by molar-refractivity contribution is -0.137. The molecule has 0 saturated carbocycles. The number of carbonyl (C=O) groups excluding carboxylic acids is 1. The van der Waals surface area contributed by atoms with Crippen molar-refractivity contribution in [2.45, 2.75) is 50.4 Å². The highest BCUT2D eigenvalue weighted by Crippen LogP contribution is 2.31. The SMILES string of the molecule is CCCN(Cc1ccc(-c2ccc(C(F)(F)F)cc2)cc1)C(=O)Cn1cc(C)c(=O)nc1SCc1ccc(F)cc1. The lowest BCUT2D eigenvalue weighted by Gasteiger charge is -2.24. The van der Waals surface area contributed by atoms with Crippen molar-refractivity contribution in [1.29, 1.82) is 0 Å². The number of rotatable bonds is 10. The average Bonchev–Trinajstić information content (AvgIpc) is 2.95. The molecule has 0 fully saturated rings. The molecular weight excluding hydrogens is 554 g/mol. The summed E-state index contributed by atoms with van der Waals surface area (Å²) in [5.74, 6) is -0.0272. The number of hydrogen-bond acceptors (Lipinski definition) is 4. The van der Waals surface area contributed by atoms with Gasteiger partial charge in [-0.15, -0.1) is 0 Å². The number of aromatic nitrogens is 2. The molecule has 0 unspecified atom stereocenters. The first kappa shape index (κ1) is 30.0. The van der Waals surface area contributed by atoms with Crippen LogP contribution in [-0.4, -0.2) is 26.9 Å². The molecule has 10 heteroatoms. The summed E-state index contributed by atoms with van der Waals surface area (Å²) in [6.07, 6.45) is -2.02. The van der Waals surface area contributed by atoms with Crippen molar-refractivity contribution >= 4 is 17.7 Å².